The lowest BCUT2D eigenvalue weighted by atomic mass is 10.0. The van der Waals surface area contributed by atoms with Crippen LogP contribution in [-0.4, -0.2) is 13.0 Å². The van der Waals surface area contributed by atoms with Crippen LogP contribution in [0.1, 0.15) is 102 Å². The summed E-state index contributed by atoms with van der Waals surface area (Å²) >= 11 is 0. The summed E-state index contributed by atoms with van der Waals surface area (Å²) in [5, 5.41) is 1.45. The summed E-state index contributed by atoms with van der Waals surface area (Å²) in [7, 11) is -4.24. The summed E-state index contributed by atoms with van der Waals surface area (Å²) in [6.45, 7) is 2.26. The molecule has 0 heterocycles. The van der Waals surface area contributed by atoms with Gasteiger partial charge in [0.05, 0.1) is 0 Å². The molecule has 1 N–H and O–H groups in total. The summed E-state index contributed by atoms with van der Waals surface area (Å²) in [6, 6.07) is 11.1. The van der Waals surface area contributed by atoms with Crippen LogP contribution in [-0.2, 0) is 16.5 Å². The SMILES string of the molecule is CCCCCCCCC=CCCCCCCCCc1ccc2ccccc2c1S(=O)(=O)O. The van der Waals surface area contributed by atoms with Gasteiger partial charge >= 0.3 is 0 Å². The Hall–Kier alpha value is -1.65. The van der Waals surface area contributed by atoms with Gasteiger partial charge in [0.15, 0.2) is 0 Å². The first-order chi connectivity index (χ1) is 15.5. The van der Waals surface area contributed by atoms with Crippen molar-refractivity contribution in [2.24, 2.45) is 0 Å². The van der Waals surface area contributed by atoms with Crippen LogP contribution in [0.3, 0.4) is 0 Å². The van der Waals surface area contributed by atoms with Crippen molar-refractivity contribution in [1.82, 2.24) is 0 Å². The highest BCUT2D eigenvalue weighted by molar-refractivity contribution is 7.86. The van der Waals surface area contributed by atoms with Crippen LogP contribution < -0.4 is 0 Å². The number of fused-ring (bicyclic) bond motifs is 1. The Labute approximate surface area is 196 Å². The molecule has 0 saturated heterocycles. The average molecular weight is 459 g/mol. The van der Waals surface area contributed by atoms with Crippen LogP contribution in [0, 0.1) is 0 Å². The zero-order chi connectivity index (χ0) is 23.1. The maximum absolute atomic E-state index is 12.0. The molecule has 0 radical (unpaired) electrons. The van der Waals surface area contributed by atoms with Gasteiger partial charge in [-0.1, -0.05) is 113 Å². The fraction of sp³-hybridized carbons (Fsp3) is 0.571. The van der Waals surface area contributed by atoms with E-state index in [1.54, 1.807) is 6.07 Å². The molecule has 0 fully saturated rings. The first-order valence-corrected chi connectivity index (χ1v) is 14.1. The van der Waals surface area contributed by atoms with Gasteiger partial charge in [-0.3, -0.25) is 4.55 Å². The van der Waals surface area contributed by atoms with E-state index in [4.69, 9.17) is 0 Å². The quantitative estimate of drug-likeness (QED) is 0.146. The van der Waals surface area contributed by atoms with E-state index in [2.05, 4.69) is 19.1 Å². The third kappa shape index (κ3) is 9.87. The van der Waals surface area contributed by atoms with Gasteiger partial charge in [0.1, 0.15) is 4.90 Å². The standard InChI is InChI=1S/C28H42O3S/c1-2-3-4-5-6-7-8-9-10-11-12-13-14-15-16-17-21-26-24-23-25-20-18-19-22-27(25)28(26)32(29,30)31/h9-10,18-20,22-24H,2-8,11-17,21H2,1H3,(H,29,30,31). The van der Waals surface area contributed by atoms with Crippen molar-refractivity contribution in [3.05, 3.63) is 54.1 Å². The lowest BCUT2D eigenvalue weighted by Gasteiger charge is -2.11. The lowest BCUT2D eigenvalue weighted by molar-refractivity contribution is 0.482. The first-order valence-electron chi connectivity index (χ1n) is 12.7. The molecule has 0 spiro atoms. The van der Waals surface area contributed by atoms with Crippen molar-refractivity contribution in [3.8, 4) is 0 Å². The Morgan fingerprint density at radius 3 is 1.91 bits per heavy atom. The molecule has 3 nitrogen and oxygen atoms in total. The van der Waals surface area contributed by atoms with Gasteiger partial charge in [0.25, 0.3) is 10.1 Å². The second-order valence-corrected chi connectivity index (χ2v) is 10.3. The monoisotopic (exact) mass is 458 g/mol. The van der Waals surface area contributed by atoms with Crippen LogP contribution in [0.2, 0.25) is 0 Å². The Morgan fingerprint density at radius 2 is 1.28 bits per heavy atom. The normalized spacial score (nSPS) is 12.2. The fourth-order valence-corrected chi connectivity index (χ4v) is 5.32. The van der Waals surface area contributed by atoms with Crippen LogP contribution >= 0.6 is 0 Å². The van der Waals surface area contributed by atoms with E-state index in [-0.39, 0.29) is 4.90 Å². The first kappa shape index (κ1) is 26.6. The number of allylic oxidation sites excluding steroid dienone is 2. The molecular weight excluding hydrogens is 416 g/mol. The minimum Gasteiger partial charge on any atom is -0.282 e. The molecule has 4 heteroatoms. The molecule has 0 aromatic heterocycles. The van der Waals surface area contributed by atoms with E-state index in [1.165, 1.54) is 77.0 Å². The van der Waals surface area contributed by atoms with Gasteiger partial charge in [-0.15, -0.1) is 0 Å². The Morgan fingerprint density at radius 1 is 0.719 bits per heavy atom. The fourth-order valence-electron chi connectivity index (χ4n) is 4.35. The topological polar surface area (TPSA) is 54.4 Å². The largest absolute Gasteiger partial charge is 0.295 e. The number of benzene rings is 2. The van der Waals surface area contributed by atoms with Gasteiger partial charge in [-0.25, -0.2) is 0 Å². The van der Waals surface area contributed by atoms with Crippen LogP contribution in [0.15, 0.2) is 53.4 Å². The lowest BCUT2D eigenvalue weighted by Crippen LogP contribution is -2.04. The molecule has 32 heavy (non-hydrogen) atoms. The third-order valence-corrected chi connectivity index (χ3v) is 7.18. The molecule has 2 aromatic carbocycles. The van der Waals surface area contributed by atoms with Gasteiger partial charge in [-0.05, 0) is 49.5 Å². The van der Waals surface area contributed by atoms with E-state index in [9.17, 15) is 13.0 Å². The molecule has 2 rings (SSSR count). The van der Waals surface area contributed by atoms with Crippen LogP contribution in [0.25, 0.3) is 10.8 Å². The molecule has 0 atom stereocenters. The molecule has 0 saturated carbocycles. The molecule has 178 valence electrons. The molecule has 0 amide bonds. The number of unbranched alkanes of at least 4 members (excludes halogenated alkanes) is 12. The van der Waals surface area contributed by atoms with Gasteiger partial charge < -0.3 is 0 Å². The zero-order valence-corrected chi connectivity index (χ0v) is 20.7. The van der Waals surface area contributed by atoms with E-state index < -0.39 is 10.1 Å². The highest BCUT2D eigenvalue weighted by atomic mass is 32.2. The van der Waals surface area contributed by atoms with Crippen molar-refractivity contribution in [2.75, 3.05) is 0 Å². The second kappa shape index (κ2) is 15.2. The summed E-state index contributed by atoms with van der Waals surface area (Å²) in [5.74, 6) is 0. The predicted octanol–water partition coefficient (Wildman–Crippen LogP) is 8.67. The molecular formula is C28H42O3S. The minimum absolute atomic E-state index is 0.0864. The van der Waals surface area contributed by atoms with Crippen molar-refractivity contribution in [1.29, 1.82) is 0 Å². The summed E-state index contributed by atoms with van der Waals surface area (Å²) < 4.78 is 33.7. The highest BCUT2D eigenvalue weighted by Gasteiger charge is 2.18. The Kier molecular flexibility index (Phi) is 12.7. The number of rotatable bonds is 17. The van der Waals surface area contributed by atoms with Gasteiger partial charge in [-0.2, -0.15) is 8.42 Å². The summed E-state index contributed by atoms with van der Waals surface area (Å²) in [4.78, 5) is 0.0864. The van der Waals surface area contributed by atoms with E-state index in [0.29, 0.717) is 11.8 Å². The maximum Gasteiger partial charge on any atom is 0.295 e. The van der Waals surface area contributed by atoms with Crippen molar-refractivity contribution >= 4 is 20.9 Å². The van der Waals surface area contributed by atoms with E-state index in [1.807, 2.05) is 30.3 Å². The highest BCUT2D eigenvalue weighted by Crippen LogP contribution is 2.28. The summed E-state index contributed by atoms with van der Waals surface area (Å²) in [5.41, 5.74) is 0.724. The number of hydrogen-bond donors (Lipinski definition) is 1. The molecule has 0 unspecified atom stereocenters. The maximum atomic E-state index is 12.0. The van der Waals surface area contributed by atoms with Gasteiger partial charge in [0.2, 0.25) is 0 Å². The van der Waals surface area contributed by atoms with Crippen molar-refractivity contribution in [2.45, 2.75) is 108 Å². The Balaban J connectivity index is 1.58. The molecule has 0 bridgehead atoms. The average Bonchev–Trinajstić information content (AvgIpc) is 2.77. The molecule has 0 aliphatic carbocycles. The smallest absolute Gasteiger partial charge is 0.282 e. The van der Waals surface area contributed by atoms with Gasteiger partial charge in [0, 0.05) is 5.39 Å². The second-order valence-electron chi connectivity index (χ2n) is 8.94. The van der Waals surface area contributed by atoms with E-state index in [0.717, 1.165) is 23.8 Å². The Bertz CT molecular complexity index is 915. The summed E-state index contributed by atoms with van der Waals surface area (Å²) in [6.07, 6.45) is 22.9. The predicted molar refractivity (Wildman–Crippen MR) is 137 cm³/mol. The van der Waals surface area contributed by atoms with E-state index >= 15 is 0 Å². The molecule has 0 aliphatic rings. The third-order valence-electron chi connectivity index (χ3n) is 6.18. The van der Waals surface area contributed by atoms with Crippen molar-refractivity contribution in [3.63, 3.8) is 0 Å². The van der Waals surface area contributed by atoms with Crippen molar-refractivity contribution < 1.29 is 13.0 Å². The number of hydrogen-bond acceptors (Lipinski definition) is 2. The zero-order valence-electron chi connectivity index (χ0n) is 19.9. The number of aryl methyl sites for hydroxylation is 1. The molecule has 2 aromatic rings. The van der Waals surface area contributed by atoms with Crippen LogP contribution in [0.4, 0.5) is 0 Å². The van der Waals surface area contributed by atoms with Crippen LogP contribution in [0.5, 0.6) is 0 Å². The molecule has 0 aliphatic heterocycles. The minimum atomic E-state index is -4.24.